The number of aromatic amines is 1. The number of aliphatic hydroxyl groups excluding tert-OH is 1. The zero-order chi connectivity index (χ0) is 16.5. The van der Waals surface area contributed by atoms with E-state index in [1.54, 1.807) is 24.5 Å². The molecule has 128 valence electrons. The molecule has 1 saturated heterocycles. The van der Waals surface area contributed by atoms with Gasteiger partial charge in [0.05, 0.1) is 18.4 Å². The number of nitrogens with one attached hydrogen (secondary N) is 1. The number of H-pyrrole nitrogens is 1. The first-order chi connectivity index (χ1) is 11.7. The highest BCUT2D eigenvalue weighted by Crippen LogP contribution is 2.40. The molecule has 2 N–H and O–H groups in total. The van der Waals surface area contributed by atoms with Crippen LogP contribution in [0.3, 0.4) is 0 Å². The van der Waals surface area contributed by atoms with Crippen LogP contribution in [0.4, 0.5) is 4.39 Å². The number of hydrogen-bond donors (Lipinski definition) is 2. The lowest BCUT2D eigenvalue weighted by Gasteiger charge is -2.22. The van der Waals surface area contributed by atoms with Gasteiger partial charge in [-0.3, -0.25) is 10.00 Å². The minimum Gasteiger partial charge on any atom is -0.490 e. The molecule has 5 nitrogen and oxygen atoms in total. The number of β-amino-alcohol motifs (C(OH)–C–C–N with tert-alkyl or cyclic N) is 1. The first-order valence-corrected chi connectivity index (χ1v) is 8.48. The van der Waals surface area contributed by atoms with Gasteiger partial charge < -0.3 is 9.84 Å². The summed E-state index contributed by atoms with van der Waals surface area (Å²) in [6, 6.07) is 6.25. The molecule has 0 radical (unpaired) electrons. The van der Waals surface area contributed by atoms with Crippen LogP contribution >= 0.6 is 0 Å². The highest BCUT2D eigenvalue weighted by Gasteiger charge is 2.42. The summed E-state index contributed by atoms with van der Waals surface area (Å²) in [7, 11) is 0. The standard InChI is InChI=1S/C18H22FN3O2/c19-15-1-3-16(4-2-15)24-17-5-12-9-22(10-13(12)6-17)11-18(23)14-7-20-21-8-14/h1-4,7-8,12-13,17-18,23H,5-6,9-11H2,(H,20,21)/t12-,13+,17-,18?. The maximum absolute atomic E-state index is 12.9. The Kier molecular flexibility index (Phi) is 4.24. The van der Waals surface area contributed by atoms with Crippen LogP contribution in [0.1, 0.15) is 24.5 Å². The molecular weight excluding hydrogens is 309 g/mol. The summed E-state index contributed by atoms with van der Waals surface area (Å²) in [6.45, 7) is 2.65. The van der Waals surface area contributed by atoms with Gasteiger partial charge in [-0.2, -0.15) is 5.10 Å². The van der Waals surface area contributed by atoms with Crippen molar-refractivity contribution in [1.29, 1.82) is 0 Å². The third-order valence-electron chi connectivity index (χ3n) is 5.24. The fraction of sp³-hybridized carbons (Fsp3) is 0.500. The Hall–Kier alpha value is -1.92. The average Bonchev–Trinajstić information content (AvgIpc) is 3.25. The molecule has 1 aromatic heterocycles. The lowest BCUT2D eigenvalue weighted by molar-refractivity contribution is 0.116. The van der Waals surface area contributed by atoms with Crippen molar-refractivity contribution in [2.75, 3.05) is 19.6 Å². The molecule has 4 rings (SSSR count). The van der Waals surface area contributed by atoms with E-state index in [2.05, 4.69) is 15.1 Å². The van der Waals surface area contributed by atoms with Crippen molar-refractivity contribution >= 4 is 0 Å². The van der Waals surface area contributed by atoms with Crippen molar-refractivity contribution in [2.45, 2.75) is 25.0 Å². The van der Waals surface area contributed by atoms with Gasteiger partial charge in [0.15, 0.2) is 0 Å². The normalized spacial score (nSPS) is 28.0. The van der Waals surface area contributed by atoms with Crippen molar-refractivity contribution in [1.82, 2.24) is 15.1 Å². The molecule has 6 heteroatoms. The number of halogens is 1. The third kappa shape index (κ3) is 3.30. The summed E-state index contributed by atoms with van der Waals surface area (Å²) in [5.41, 5.74) is 0.838. The second-order valence-corrected chi connectivity index (χ2v) is 6.95. The van der Waals surface area contributed by atoms with Gasteiger partial charge in [0.25, 0.3) is 0 Å². The van der Waals surface area contributed by atoms with Gasteiger partial charge in [0.1, 0.15) is 11.6 Å². The Bertz CT molecular complexity index is 647. The Balaban J connectivity index is 1.28. The quantitative estimate of drug-likeness (QED) is 0.883. The number of aromatic nitrogens is 2. The second-order valence-electron chi connectivity index (χ2n) is 6.95. The van der Waals surface area contributed by atoms with Gasteiger partial charge in [-0.15, -0.1) is 0 Å². The van der Waals surface area contributed by atoms with E-state index in [-0.39, 0.29) is 11.9 Å². The Morgan fingerprint density at radius 1 is 1.25 bits per heavy atom. The molecule has 0 spiro atoms. The molecule has 0 bridgehead atoms. The molecule has 4 atom stereocenters. The predicted octanol–water partition coefficient (Wildman–Crippen LogP) is 2.37. The maximum Gasteiger partial charge on any atom is 0.123 e. The molecule has 1 aromatic carbocycles. The fourth-order valence-corrected chi connectivity index (χ4v) is 4.09. The summed E-state index contributed by atoms with van der Waals surface area (Å²) in [5.74, 6) is 1.74. The predicted molar refractivity (Wildman–Crippen MR) is 87.0 cm³/mol. The maximum atomic E-state index is 12.9. The van der Waals surface area contributed by atoms with Crippen LogP contribution < -0.4 is 4.74 Å². The number of hydrogen-bond acceptors (Lipinski definition) is 4. The zero-order valence-corrected chi connectivity index (χ0v) is 13.4. The van der Waals surface area contributed by atoms with E-state index >= 15 is 0 Å². The van der Waals surface area contributed by atoms with E-state index in [1.807, 2.05) is 0 Å². The molecule has 0 amide bonds. The highest BCUT2D eigenvalue weighted by atomic mass is 19.1. The van der Waals surface area contributed by atoms with Crippen LogP contribution in [0.5, 0.6) is 5.75 Å². The van der Waals surface area contributed by atoms with Crippen LogP contribution in [-0.4, -0.2) is 45.9 Å². The van der Waals surface area contributed by atoms with Gasteiger partial charge in [-0.1, -0.05) is 0 Å². The lowest BCUT2D eigenvalue weighted by Crippen LogP contribution is -2.28. The van der Waals surface area contributed by atoms with Gasteiger partial charge >= 0.3 is 0 Å². The second kappa shape index (κ2) is 6.53. The van der Waals surface area contributed by atoms with E-state index in [1.165, 1.54) is 12.1 Å². The van der Waals surface area contributed by atoms with E-state index in [0.717, 1.165) is 37.2 Å². The van der Waals surface area contributed by atoms with E-state index < -0.39 is 6.10 Å². The van der Waals surface area contributed by atoms with Crippen LogP contribution in [-0.2, 0) is 0 Å². The van der Waals surface area contributed by atoms with E-state index in [4.69, 9.17) is 4.74 Å². The number of fused-ring (bicyclic) bond motifs is 1. The fourth-order valence-electron chi connectivity index (χ4n) is 4.09. The Labute approximate surface area is 140 Å². The van der Waals surface area contributed by atoms with E-state index in [0.29, 0.717) is 18.4 Å². The molecule has 24 heavy (non-hydrogen) atoms. The van der Waals surface area contributed by atoms with Gasteiger partial charge in [0.2, 0.25) is 0 Å². The SMILES string of the molecule is OC(CN1C[C@H]2C[C@@H](Oc3ccc(F)cc3)C[C@H]2C1)c1cn[nH]c1. The molecule has 2 fully saturated rings. The summed E-state index contributed by atoms with van der Waals surface area (Å²) in [4.78, 5) is 2.33. The molecule has 1 aliphatic carbocycles. The number of likely N-dealkylation sites (tertiary alicyclic amines) is 1. The smallest absolute Gasteiger partial charge is 0.123 e. The minimum atomic E-state index is -0.492. The van der Waals surface area contributed by atoms with E-state index in [9.17, 15) is 9.50 Å². The number of rotatable bonds is 5. The first kappa shape index (κ1) is 15.6. The van der Waals surface area contributed by atoms with Gasteiger partial charge in [0, 0.05) is 31.4 Å². The minimum absolute atomic E-state index is 0.214. The number of aliphatic hydroxyl groups is 1. The van der Waals surface area contributed by atoms with Crippen LogP contribution in [0.15, 0.2) is 36.7 Å². The monoisotopic (exact) mass is 331 g/mol. The molecule has 2 heterocycles. The summed E-state index contributed by atoms with van der Waals surface area (Å²) >= 11 is 0. The van der Waals surface area contributed by atoms with Gasteiger partial charge in [-0.25, -0.2) is 4.39 Å². The molecule has 1 aliphatic heterocycles. The summed E-state index contributed by atoms with van der Waals surface area (Å²) in [5, 5.41) is 16.9. The molecule has 1 unspecified atom stereocenters. The zero-order valence-electron chi connectivity index (χ0n) is 13.4. The van der Waals surface area contributed by atoms with Crippen molar-refractivity contribution in [3.8, 4) is 5.75 Å². The van der Waals surface area contributed by atoms with Crippen molar-refractivity contribution in [3.05, 3.63) is 48.0 Å². The van der Waals surface area contributed by atoms with Crippen molar-refractivity contribution in [3.63, 3.8) is 0 Å². The Morgan fingerprint density at radius 3 is 2.58 bits per heavy atom. The number of ether oxygens (including phenoxy) is 1. The van der Waals surface area contributed by atoms with Crippen molar-refractivity contribution < 1.29 is 14.2 Å². The number of benzene rings is 1. The molecule has 1 saturated carbocycles. The van der Waals surface area contributed by atoms with Crippen LogP contribution in [0, 0.1) is 17.7 Å². The third-order valence-corrected chi connectivity index (χ3v) is 5.24. The summed E-state index contributed by atoms with van der Waals surface area (Å²) in [6.07, 6.45) is 5.20. The largest absolute Gasteiger partial charge is 0.490 e. The lowest BCUT2D eigenvalue weighted by atomic mass is 10.0. The first-order valence-electron chi connectivity index (χ1n) is 8.48. The topological polar surface area (TPSA) is 61.4 Å². The Morgan fingerprint density at radius 2 is 1.96 bits per heavy atom. The number of nitrogens with zero attached hydrogens (tertiary/aromatic N) is 2. The average molecular weight is 331 g/mol. The molecule has 2 aliphatic rings. The molecular formula is C18H22FN3O2. The van der Waals surface area contributed by atoms with Gasteiger partial charge in [-0.05, 0) is 48.9 Å². The van der Waals surface area contributed by atoms with Crippen LogP contribution in [0.2, 0.25) is 0 Å². The highest BCUT2D eigenvalue weighted by molar-refractivity contribution is 5.22. The summed E-state index contributed by atoms with van der Waals surface area (Å²) < 4.78 is 18.9. The van der Waals surface area contributed by atoms with Crippen LogP contribution in [0.25, 0.3) is 0 Å². The molecule has 2 aromatic rings. The van der Waals surface area contributed by atoms with Crippen molar-refractivity contribution in [2.24, 2.45) is 11.8 Å².